The lowest BCUT2D eigenvalue weighted by molar-refractivity contribution is -0.141. The Balaban J connectivity index is 0.00000216. The van der Waals surface area contributed by atoms with E-state index in [-0.39, 0.29) is 34.5 Å². The fraction of sp³-hybridized carbons (Fsp3) is 0.269. The lowest BCUT2D eigenvalue weighted by Gasteiger charge is -2.14. The maximum atomic E-state index is 13.4. The molecule has 0 fully saturated rings. The van der Waals surface area contributed by atoms with Gasteiger partial charge < -0.3 is 14.8 Å². The van der Waals surface area contributed by atoms with Crippen molar-refractivity contribution >= 4 is 17.5 Å². The number of nitrogens with zero attached hydrogens (tertiary/aromatic N) is 5. The fourth-order valence-electron chi connectivity index (χ4n) is 3.70. The average Bonchev–Trinajstić information content (AvgIpc) is 3.35. The van der Waals surface area contributed by atoms with Gasteiger partial charge in [-0.05, 0) is 43.7 Å². The Labute approximate surface area is 228 Å². The van der Waals surface area contributed by atoms with Gasteiger partial charge in [0.15, 0.2) is 11.5 Å². The molecule has 0 spiro atoms. The zero-order valence-electron chi connectivity index (χ0n) is 22.7. The van der Waals surface area contributed by atoms with Crippen LogP contribution < -0.4 is 26.1 Å². The second-order valence-corrected chi connectivity index (χ2v) is 8.13. The molecular weight excluding hydrogens is 529 g/mol. The molecule has 0 radical (unpaired) electrons. The van der Waals surface area contributed by atoms with Crippen molar-refractivity contribution in [1.29, 1.82) is 0 Å². The minimum absolute atomic E-state index is 0.000442. The van der Waals surface area contributed by atoms with Crippen molar-refractivity contribution in [2.75, 3.05) is 19.5 Å². The molecule has 1 aromatic carbocycles. The number of nitrogens with one attached hydrogen (secondary N) is 2. The Kier molecular flexibility index (Phi) is 9.27. The van der Waals surface area contributed by atoms with Gasteiger partial charge in [0, 0.05) is 41.0 Å². The minimum Gasteiger partial charge on any atom is -0.497 e. The number of nitrogens with two attached hydrogens (primary N) is 1. The number of carbonyl (C=O) groups excluding carboxylic acids is 1. The first-order valence-corrected chi connectivity index (χ1v) is 12.0. The molecule has 0 saturated heterocycles. The summed E-state index contributed by atoms with van der Waals surface area (Å²) in [6, 6.07) is 7.70. The molecule has 3 heterocycles. The van der Waals surface area contributed by atoms with Crippen molar-refractivity contribution in [1.82, 2.24) is 30.2 Å². The number of aryl methyl sites for hydroxylation is 2. The second-order valence-electron chi connectivity index (χ2n) is 8.13. The number of nitrogen functional groups attached to an aromatic ring is 1. The van der Waals surface area contributed by atoms with E-state index < -0.39 is 17.8 Å². The third-order valence-corrected chi connectivity index (χ3v) is 5.42. The molecule has 0 aliphatic rings. The Morgan fingerprint density at radius 2 is 1.73 bits per heavy atom. The van der Waals surface area contributed by atoms with Crippen molar-refractivity contribution in [2.24, 2.45) is 5.84 Å². The molecule has 40 heavy (non-hydrogen) atoms. The Hall–Kier alpha value is -4.72. The third-order valence-electron chi connectivity index (χ3n) is 5.42. The third kappa shape index (κ3) is 6.46. The molecule has 0 aliphatic carbocycles. The van der Waals surface area contributed by atoms with Gasteiger partial charge in [-0.3, -0.25) is 10.2 Å². The number of carbonyl (C=O) groups is 1. The number of benzene rings is 1. The number of rotatable bonds is 7. The summed E-state index contributed by atoms with van der Waals surface area (Å²) < 4.78 is 51.8. The molecule has 3 aromatic heterocycles. The lowest BCUT2D eigenvalue weighted by Crippen LogP contribution is -2.30. The van der Waals surface area contributed by atoms with Crippen molar-refractivity contribution in [2.45, 2.75) is 33.9 Å². The minimum atomic E-state index is -4.67. The van der Waals surface area contributed by atoms with Crippen molar-refractivity contribution in [3.05, 3.63) is 65.2 Å². The number of aromatic nitrogens is 5. The summed E-state index contributed by atoms with van der Waals surface area (Å²) in [5, 5.41) is 6.78. The molecule has 4 aromatic rings. The summed E-state index contributed by atoms with van der Waals surface area (Å²) in [6.07, 6.45) is -1.91. The van der Waals surface area contributed by atoms with Crippen molar-refractivity contribution in [3.63, 3.8) is 0 Å². The second kappa shape index (κ2) is 12.4. The van der Waals surface area contributed by atoms with E-state index in [4.69, 9.17) is 15.3 Å². The Bertz CT molecular complexity index is 1510. The normalized spacial score (nSPS) is 10.8. The van der Waals surface area contributed by atoms with Crippen molar-refractivity contribution < 1.29 is 27.4 Å². The summed E-state index contributed by atoms with van der Waals surface area (Å²) in [7, 11) is 2.86. The predicted octanol–water partition coefficient (Wildman–Crippen LogP) is 4.75. The van der Waals surface area contributed by atoms with Crippen LogP contribution in [0.15, 0.2) is 42.7 Å². The van der Waals surface area contributed by atoms with Gasteiger partial charge in [-0.2, -0.15) is 23.3 Å². The van der Waals surface area contributed by atoms with Crippen LogP contribution in [0.2, 0.25) is 0 Å². The molecule has 14 heteroatoms. The van der Waals surface area contributed by atoms with E-state index in [1.165, 1.54) is 39.6 Å². The largest absolute Gasteiger partial charge is 0.497 e. The first kappa shape index (κ1) is 29.8. The number of methoxy groups -OCH3 is 2. The van der Waals surface area contributed by atoms with E-state index >= 15 is 0 Å². The number of halogens is 3. The van der Waals surface area contributed by atoms with Gasteiger partial charge in [-0.15, -0.1) is 0 Å². The molecule has 0 aliphatic heterocycles. The van der Waals surface area contributed by atoms with E-state index in [2.05, 4.69) is 25.4 Å². The highest BCUT2D eigenvalue weighted by molar-refractivity contribution is 5.97. The molecule has 11 nitrogen and oxygen atoms in total. The number of ether oxygens (including phenoxy) is 2. The number of hydrogen-bond donors (Lipinski definition) is 3. The van der Waals surface area contributed by atoms with E-state index in [9.17, 15) is 18.0 Å². The summed E-state index contributed by atoms with van der Waals surface area (Å²) >= 11 is 0. The molecule has 0 bridgehead atoms. The zero-order valence-corrected chi connectivity index (χ0v) is 22.7. The van der Waals surface area contributed by atoms with Gasteiger partial charge in [-0.25, -0.2) is 20.5 Å². The summed E-state index contributed by atoms with van der Waals surface area (Å²) in [4.78, 5) is 25.2. The number of pyridine rings is 1. The summed E-state index contributed by atoms with van der Waals surface area (Å²) in [5.41, 5.74) is 3.15. The maximum Gasteiger partial charge on any atom is 0.435 e. The van der Waals surface area contributed by atoms with E-state index in [0.29, 0.717) is 17.0 Å². The van der Waals surface area contributed by atoms with Gasteiger partial charge in [0.1, 0.15) is 11.3 Å². The number of hydrogen-bond acceptors (Lipinski definition) is 9. The summed E-state index contributed by atoms with van der Waals surface area (Å²) in [6.45, 7) is 7.34. The van der Waals surface area contributed by atoms with Crippen LogP contribution in [0.25, 0.3) is 16.9 Å². The lowest BCUT2D eigenvalue weighted by atomic mass is 10.1. The van der Waals surface area contributed by atoms with E-state index in [1.807, 2.05) is 38.3 Å². The van der Waals surface area contributed by atoms with Crippen LogP contribution in [0, 0.1) is 13.8 Å². The smallest absolute Gasteiger partial charge is 0.435 e. The van der Waals surface area contributed by atoms with Gasteiger partial charge in [0.2, 0.25) is 11.8 Å². The number of hydrazine groups is 1. The first-order chi connectivity index (χ1) is 19.0. The highest BCUT2D eigenvalue weighted by Gasteiger charge is 2.35. The standard InChI is InChI=1S/C24H23F3N8O3.C2H6/c1-12-5-15(9-16(6-12)37-3)31-23-30-11-18(14-8-17(21(36)33-28)22(38-4)29-10-14)20(32-23)35-13(2)7-19(34-35)24(25,26)27;1-2/h5-11H,28H2,1-4H3,(H,33,36)(H,30,31,32);1-2H3. The molecule has 212 valence electrons. The van der Waals surface area contributed by atoms with Crippen LogP contribution >= 0.6 is 0 Å². The Morgan fingerprint density at radius 1 is 1.00 bits per heavy atom. The molecule has 1 amide bonds. The number of alkyl halides is 3. The molecule has 0 atom stereocenters. The quantitative estimate of drug-likeness (QED) is 0.166. The highest BCUT2D eigenvalue weighted by Crippen LogP contribution is 2.33. The van der Waals surface area contributed by atoms with E-state index in [1.54, 1.807) is 6.07 Å². The van der Waals surface area contributed by atoms with Crippen LogP contribution in [0.4, 0.5) is 24.8 Å². The number of amides is 1. The molecule has 4 rings (SSSR count). The number of anilines is 2. The van der Waals surface area contributed by atoms with Crippen LogP contribution in [-0.2, 0) is 6.18 Å². The van der Waals surface area contributed by atoms with Gasteiger partial charge in [0.25, 0.3) is 5.91 Å². The highest BCUT2D eigenvalue weighted by atomic mass is 19.4. The topological polar surface area (TPSA) is 142 Å². The zero-order chi connectivity index (χ0) is 29.6. The molecular formula is C26H29F3N8O3. The Morgan fingerprint density at radius 3 is 2.33 bits per heavy atom. The van der Waals surface area contributed by atoms with Crippen LogP contribution in [0.1, 0.15) is 41.2 Å². The molecule has 0 saturated carbocycles. The van der Waals surface area contributed by atoms with Crippen LogP contribution in [0.3, 0.4) is 0 Å². The van der Waals surface area contributed by atoms with Crippen LogP contribution in [0.5, 0.6) is 11.6 Å². The van der Waals surface area contributed by atoms with Crippen molar-refractivity contribution in [3.8, 4) is 28.6 Å². The fourth-order valence-corrected chi connectivity index (χ4v) is 3.70. The molecule has 4 N–H and O–H groups in total. The van der Waals surface area contributed by atoms with E-state index in [0.717, 1.165) is 16.3 Å². The maximum absolute atomic E-state index is 13.4. The van der Waals surface area contributed by atoms with Crippen LogP contribution in [-0.4, -0.2) is 44.9 Å². The van der Waals surface area contributed by atoms with Gasteiger partial charge in [0.05, 0.1) is 14.2 Å². The SMILES string of the molecule is CC.COc1cc(C)cc(Nc2ncc(-c3cnc(OC)c(C(=O)NN)c3)c(-n3nc(C(F)(F)F)cc3C)n2)c1. The predicted molar refractivity (Wildman–Crippen MR) is 143 cm³/mol. The average molecular weight is 559 g/mol. The summed E-state index contributed by atoms with van der Waals surface area (Å²) in [5.74, 6) is 5.29. The molecule has 0 unspecified atom stereocenters. The monoisotopic (exact) mass is 558 g/mol. The van der Waals surface area contributed by atoms with Gasteiger partial charge in [-0.1, -0.05) is 13.8 Å². The first-order valence-electron chi connectivity index (χ1n) is 12.0. The van der Waals surface area contributed by atoms with Gasteiger partial charge >= 0.3 is 6.18 Å².